The lowest BCUT2D eigenvalue weighted by Gasteiger charge is -2.09. The normalized spacial score (nSPS) is 10.6. The Labute approximate surface area is 127 Å². The zero-order valence-corrected chi connectivity index (χ0v) is 12.1. The second-order valence-corrected chi connectivity index (χ2v) is 4.69. The summed E-state index contributed by atoms with van der Waals surface area (Å²) in [4.78, 5) is 20.0. The number of amides is 1. The van der Waals surface area contributed by atoms with Crippen LogP contribution in [0.1, 0.15) is 16.2 Å². The highest BCUT2D eigenvalue weighted by Gasteiger charge is 2.12. The van der Waals surface area contributed by atoms with Gasteiger partial charge in [0.25, 0.3) is 5.91 Å². The average molecular weight is 297 g/mol. The van der Waals surface area contributed by atoms with Crippen molar-refractivity contribution in [3.05, 3.63) is 54.4 Å². The first-order valence-electron chi connectivity index (χ1n) is 6.90. The van der Waals surface area contributed by atoms with E-state index in [9.17, 15) is 4.79 Å². The Morgan fingerprint density at radius 3 is 2.95 bits per heavy atom. The molecule has 3 rings (SSSR count). The summed E-state index contributed by atoms with van der Waals surface area (Å²) in [5, 5.41) is 3.75. The number of oxazole rings is 1. The SMILES string of the molecule is Cc1ocnc1C(=O)NCCOc1cccc2cccnc12. The minimum atomic E-state index is -0.272. The van der Waals surface area contributed by atoms with Crippen LogP contribution in [-0.2, 0) is 0 Å². The van der Waals surface area contributed by atoms with Crippen molar-refractivity contribution in [2.75, 3.05) is 13.2 Å². The molecule has 1 aromatic carbocycles. The Morgan fingerprint density at radius 1 is 1.27 bits per heavy atom. The van der Waals surface area contributed by atoms with Crippen LogP contribution in [0.15, 0.2) is 47.3 Å². The van der Waals surface area contributed by atoms with E-state index in [-0.39, 0.29) is 5.91 Å². The lowest BCUT2D eigenvalue weighted by atomic mass is 10.2. The molecule has 0 radical (unpaired) electrons. The monoisotopic (exact) mass is 297 g/mol. The number of aryl methyl sites for hydroxylation is 1. The Balaban J connectivity index is 1.57. The largest absolute Gasteiger partial charge is 0.489 e. The summed E-state index contributed by atoms with van der Waals surface area (Å²) in [6.45, 7) is 2.41. The zero-order chi connectivity index (χ0) is 15.4. The minimum Gasteiger partial charge on any atom is -0.489 e. The van der Waals surface area contributed by atoms with E-state index < -0.39 is 0 Å². The summed E-state index contributed by atoms with van der Waals surface area (Å²) in [5.41, 5.74) is 1.11. The van der Waals surface area contributed by atoms with Crippen molar-refractivity contribution >= 4 is 16.8 Å². The van der Waals surface area contributed by atoms with Gasteiger partial charge in [-0.05, 0) is 19.1 Å². The molecule has 0 atom stereocenters. The highest BCUT2D eigenvalue weighted by Crippen LogP contribution is 2.22. The van der Waals surface area contributed by atoms with Gasteiger partial charge in [-0.25, -0.2) is 4.98 Å². The fourth-order valence-electron chi connectivity index (χ4n) is 2.13. The van der Waals surface area contributed by atoms with Gasteiger partial charge in [0.2, 0.25) is 0 Å². The maximum absolute atomic E-state index is 11.8. The third-order valence-electron chi connectivity index (χ3n) is 3.20. The zero-order valence-electron chi connectivity index (χ0n) is 12.1. The number of hydrogen-bond acceptors (Lipinski definition) is 5. The summed E-state index contributed by atoms with van der Waals surface area (Å²) >= 11 is 0. The number of aromatic nitrogens is 2. The molecule has 112 valence electrons. The molecule has 3 aromatic rings. The van der Waals surface area contributed by atoms with Crippen molar-refractivity contribution in [3.63, 3.8) is 0 Å². The molecule has 6 nitrogen and oxygen atoms in total. The Bertz CT molecular complexity index is 793. The van der Waals surface area contributed by atoms with E-state index in [1.807, 2.05) is 30.3 Å². The lowest BCUT2D eigenvalue weighted by Crippen LogP contribution is -2.28. The maximum atomic E-state index is 11.8. The van der Waals surface area contributed by atoms with Crippen molar-refractivity contribution in [2.45, 2.75) is 6.92 Å². The number of nitrogens with zero attached hydrogens (tertiary/aromatic N) is 2. The van der Waals surface area contributed by atoms with E-state index in [2.05, 4.69) is 15.3 Å². The van der Waals surface area contributed by atoms with E-state index in [0.29, 0.717) is 30.4 Å². The Kier molecular flexibility index (Phi) is 4.00. The summed E-state index contributed by atoms with van der Waals surface area (Å²) in [6, 6.07) is 9.61. The fourth-order valence-corrected chi connectivity index (χ4v) is 2.13. The number of rotatable bonds is 5. The van der Waals surface area contributed by atoms with Gasteiger partial charge in [-0.3, -0.25) is 9.78 Å². The van der Waals surface area contributed by atoms with E-state index in [1.54, 1.807) is 13.1 Å². The lowest BCUT2D eigenvalue weighted by molar-refractivity contribution is 0.0941. The first-order chi connectivity index (χ1) is 10.8. The summed E-state index contributed by atoms with van der Waals surface area (Å²) in [5.74, 6) is 0.924. The average Bonchev–Trinajstić information content (AvgIpc) is 2.97. The number of benzene rings is 1. The topological polar surface area (TPSA) is 77.2 Å². The summed E-state index contributed by atoms with van der Waals surface area (Å²) in [7, 11) is 0. The Morgan fingerprint density at radius 2 is 2.14 bits per heavy atom. The molecule has 0 spiro atoms. The third-order valence-corrected chi connectivity index (χ3v) is 3.20. The first kappa shape index (κ1) is 14.1. The van der Waals surface area contributed by atoms with Gasteiger partial charge in [0, 0.05) is 11.6 Å². The van der Waals surface area contributed by atoms with Crippen LogP contribution in [-0.4, -0.2) is 29.0 Å². The molecule has 0 bridgehead atoms. The van der Waals surface area contributed by atoms with Gasteiger partial charge < -0.3 is 14.5 Å². The molecule has 1 N–H and O–H groups in total. The third kappa shape index (κ3) is 2.90. The van der Waals surface area contributed by atoms with Crippen LogP contribution in [0.5, 0.6) is 5.75 Å². The highest BCUT2D eigenvalue weighted by molar-refractivity contribution is 5.93. The summed E-state index contributed by atoms with van der Waals surface area (Å²) in [6.07, 6.45) is 2.98. The molecule has 0 aliphatic heterocycles. The number of ether oxygens (including phenoxy) is 1. The number of carbonyl (C=O) groups excluding carboxylic acids is 1. The Hall–Kier alpha value is -2.89. The van der Waals surface area contributed by atoms with Gasteiger partial charge in [0.1, 0.15) is 23.6 Å². The van der Waals surface area contributed by atoms with Crippen molar-refractivity contribution < 1.29 is 13.9 Å². The maximum Gasteiger partial charge on any atom is 0.273 e. The van der Waals surface area contributed by atoms with Gasteiger partial charge in [0.05, 0.1) is 6.54 Å². The number of hydrogen-bond donors (Lipinski definition) is 1. The van der Waals surface area contributed by atoms with Gasteiger partial charge >= 0.3 is 0 Å². The summed E-state index contributed by atoms with van der Waals surface area (Å²) < 4.78 is 10.7. The van der Waals surface area contributed by atoms with Gasteiger partial charge in [-0.15, -0.1) is 0 Å². The number of fused-ring (bicyclic) bond motifs is 1. The molecule has 1 amide bonds. The quantitative estimate of drug-likeness (QED) is 0.731. The molecule has 6 heteroatoms. The van der Waals surface area contributed by atoms with Crippen LogP contribution in [0, 0.1) is 6.92 Å². The number of nitrogens with one attached hydrogen (secondary N) is 1. The molecule has 0 fully saturated rings. The van der Waals surface area contributed by atoms with Gasteiger partial charge in [-0.2, -0.15) is 0 Å². The van der Waals surface area contributed by atoms with Crippen molar-refractivity contribution in [2.24, 2.45) is 0 Å². The molecule has 2 heterocycles. The number of carbonyl (C=O) groups is 1. The first-order valence-corrected chi connectivity index (χ1v) is 6.90. The molecular formula is C16H15N3O3. The number of pyridine rings is 1. The molecule has 2 aromatic heterocycles. The molecule has 22 heavy (non-hydrogen) atoms. The predicted molar refractivity (Wildman–Crippen MR) is 80.8 cm³/mol. The standard InChI is InChI=1S/C16H15N3O3/c1-11-14(19-10-22-11)16(20)18-8-9-21-13-6-2-4-12-5-3-7-17-15(12)13/h2-7,10H,8-9H2,1H3,(H,18,20). The van der Waals surface area contributed by atoms with Crippen LogP contribution < -0.4 is 10.1 Å². The van der Waals surface area contributed by atoms with Crippen LogP contribution in [0.4, 0.5) is 0 Å². The van der Waals surface area contributed by atoms with Gasteiger partial charge in [-0.1, -0.05) is 18.2 Å². The van der Waals surface area contributed by atoms with E-state index in [1.165, 1.54) is 6.39 Å². The predicted octanol–water partition coefficient (Wildman–Crippen LogP) is 2.34. The van der Waals surface area contributed by atoms with E-state index in [0.717, 1.165) is 10.9 Å². The van der Waals surface area contributed by atoms with Crippen LogP contribution in [0.2, 0.25) is 0 Å². The molecular weight excluding hydrogens is 282 g/mol. The molecule has 0 saturated heterocycles. The molecule has 0 aliphatic rings. The van der Waals surface area contributed by atoms with Crippen LogP contribution >= 0.6 is 0 Å². The minimum absolute atomic E-state index is 0.272. The van der Waals surface area contributed by atoms with Crippen LogP contribution in [0.3, 0.4) is 0 Å². The molecule has 0 aliphatic carbocycles. The smallest absolute Gasteiger partial charge is 0.273 e. The van der Waals surface area contributed by atoms with Crippen molar-refractivity contribution in [1.82, 2.24) is 15.3 Å². The van der Waals surface area contributed by atoms with Crippen LogP contribution in [0.25, 0.3) is 10.9 Å². The van der Waals surface area contributed by atoms with E-state index in [4.69, 9.17) is 9.15 Å². The van der Waals surface area contributed by atoms with E-state index >= 15 is 0 Å². The number of para-hydroxylation sites is 1. The van der Waals surface area contributed by atoms with Crippen molar-refractivity contribution in [3.8, 4) is 5.75 Å². The van der Waals surface area contributed by atoms with Crippen molar-refractivity contribution in [1.29, 1.82) is 0 Å². The highest BCUT2D eigenvalue weighted by atomic mass is 16.5. The molecule has 0 saturated carbocycles. The van der Waals surface area contributed by atoms with Gasteiger partial charge in [0.15, 0.2) is 12.1 Å². The molecule has 0 unspecified atom stereocenters. The second-order valence-electron chi connectivity index (χ2n) is 4.69. The second kappa shape index (κ2) is 6.26. The fraction of sp³-hybridized carbons (Fsp3) is 0.188.